The van der Waals surface area contributed by atoms with Crippen LogP contribution < -0.4 is 9.47 Å². The van der Waals surface area contributed by atoms with Gasteiger partial charge in [0.15, 0.2) is 11.5 Å². The van der Waals surface area contributed by atoms with Gasteiger partial charge in [-0.15, -0.1) is 0 Å². The first-order valence-electron chi connectivity index (χ1n) is 5.19. The summed E-state index contributed by atoms with van der Waals surface area (Å²) >= 11 is 0. The molecular formula is C11H13ClO4S. The molecule has 0 amide bonds. The maximum atomic E-state index is 11.2. The molecule has 0 aliphatic carbocycles. The van der Waals surface area contributed by atoms with E-state index in [1.807, 2.05) is 13.8 Å². The van der Waals surface area contributed by atoms with Gasteiger partial charge in [-0.3, -0.25) is 0 Å². The van der Waals surface area contributed by atoms with Gasteiger partial charge < -0.3 is 9.47 Å². The Kier molecular flexibility index (Phi) is 3.23. The zero-order valence-corrected chi connectivity index (χ0v) is 11.2. The van der Waals surface area contributed by atoms with Crippen molar-refractivity contribution in [2.75, 3.05) is 13.2 Å². The van der Waals surface area contributed by atoms with Crippen LogP contribution in [-0.4, -0.2) is 21.6 Å². The van der Waals surface area contributed by atoms with Crippen molar-refractivity contribution in [3.05, 3.63) is 22.8 Å². The fourth-order valence-corrected chi connectivity index (χ4v) is 2.78. The van der Waals surface area contributed by atoms with Gasteiger partial charge in [-0.2, -0.15) is 0 Å². The molecule has 0 bridgehead atoms. The minimum absolute atomic E-state index is 0.249. The fourth-order valence-electron chi connectivity index (χ4n) is 1.84. The van der Waals surface area contributed by atoms with Crippen molar-refractivity contribution in [3.8, 4) is 11.5 Å². The normalized spacial score (nSPS) is 14.8. The highest BCUT2D eigenvalue weighted by molar-refractivity contribution is 8.13. The summed E-state index contributed by atoms with van der Waals surface area (Å²) in [4.78, 5) is 0. The Balaban J connectivity index is 2.56. The third-order valence-electron chi connectivity index (χ3n) is 2.72. The number of ether oxygens (including phenoxy) is 2. The van der Waals surface area contributed by atoms with Crippen LogP contribution >= 0.6 is 10.7 Å². The van der Waals surface area contributed by atoms with Crippen molar-refractivity contribution in [1.29, 1.82) is 0 Å². The molecule has 1 aromatic rings. The summed E-state index contributed by atoms with van der Waals surface area (Å²) in [5, 5.41) is 0. The smallest absolute Gasteiger partial charge is 0.236 e. The Morgan fingerprint density at radius 3 is 2.41 bits per heavy atom. The van der Waals surface area contributed by atoms with Crippen LogP contribution in [0.2, 0.25) is 0 Å². The van der Waals surface area contributed by atoms with Gasteiger partial charge in [0.25, 0.3) is 0 Å². The van der Waals surface area contributed by atoms with Gasteiger partial charge in [-0.1, -0.05) is 6.07 Å². The van der Waals surface area contributed by atoms with Crippen LogP contribution in [0.3, 0.4) is 0 Å². The molecule has 1 aliphatic heterocycles. The minimum atomic E-state index is -3.60. The Labute approximate surface area is 105 Å². The lowest BCUT2D eigenvalue weighted by Gasteiger charge is -2.23. The van der Waals surface area contributed by atoms with E-state index in [0.717, 1.165) is 11.1 Å². The molecule has 0 saturated heterocycles. The molecule has 0 fully saturated rings. The van der Waals surface area contributed by atoms with Crippen LogP contribution in [0.4, 0.5) is 0 Å². The summed E-state index contributed by atoms with van der Waals surface area (Å²) in [5.74, 6) is 0.886. The van der Waals surface area contributed by atoms with Crippen molar-refractivity contribution in [3.63, 3.8) is 0 Å². The average Bonchev–Trinajstić information content (AvgIpc) is 2.24. The van der Waals surface area contributed by atoms with E-state index >= 15 is 0 Å². The monoisotopic (exact) mass is 276 g/mol. The Hall–Kier alpha value is -0.940. The topological polar surface area (TPSA) is 52.6 Å². The van der Waals surface area contributed by atoms with Crippen LogP contribution in [0, 0.1) is 13.8 Å². The number of benzene rings is 1. The van der Waals surface area contributed by atoms with E-state index in [4.69, 9.17) is 20.2 Å². The second kappa shape index (κ2) is 4.38. The number of halogens is 1. The first-order chi connectivity index (χ1) is 7.88. The fraction of sp³-hybridized carbons (Fsp3) is 0.455. The van der Waals surface area contributed by atoms with Crippen molar-refractivity contribution in [1.82, 2.24) is 0 Å². The van der Waals surface area contributed by atoms with Crippen LogP contribution in [0.5, 0.6) is 11.5 Å². The van der Waals surface area contributed by atoms with Gasteiger partial charge in [0.1, 0.15) is 13.2 Å². The summed E-state index contributed by atoms with van der Waals surface area (Å²) in [6.07, 6.45) is 0. The second-order valence-electron chi connectivity index (χ2n) is 4.02. The maximum absolute atomic E-state index is 11.2. The molecular weight excluding hydrogens is 264 g/mol. The first-order valence-corrected chi connectivity index (χ1v) is 7.67. The summed E-state index contributed by atoms with van der Waals surface area (Å²) in [6, 6.07) is 1.78. The van der Waals surface area contributed by atoms with E-state index in [-0.39, 0.29) is 5.75 Å². The third kappa shape index (κ3) is 2.66. The SMILES string of the molecule is Cc1cc(CS(=O)(=O)Cl)c2c(c1C)OCCO2. The molecule has 4 nitrogen and oxygen atoms in total. The summed E-state index contributed by atoms with van der Waals surface area (Å²) < 4.78 is 33.3. The highest BCUT2D eigenvalue weighted by atomic mass is 35.7. The number of hydrogen-bond donors (Lipinski definition) is 0. The number of aryl methyl sites for hydroxylation is 1. The number of fused-ring (bicyclic) bond motifs is 1. The molecule has 0 radical (unpaired) electrons. The third-order valence-corrected chi connectivity index (χ3v) is 3.71. The van der Waals surface area contributed by atoms with E-state index in [1.54, 1.807) is 6.07 Å². The molecule has 0 N–H and O–H groups in total. The molecule has 6 heteroatoms. The molecule has 0 atom stereocenters. The average molecular weight is 277 g/mol. The maximum Gasteiger partial charge on any atom is 0.236 e. The quantitative estimate of drug-likeness (QED) is 0.777. The van der Waals surface area contributed by atoms with E-state index in [1.165, 1.54) is 0 Å². The molecule has 1 aliphatic rings. The van der Waals surface area contributed by atoms with Crippen LogP contribution in [-0.2, 0) is 14.8 Å². The van der Waals surface area contributed by atoms with E-state index in [2.05, 4.69) is 0 Å². The Morgan fingerprint density at radius 1 is 1.24 bits per heavy atom. The van der Waals surface area contributed by atoms with Gasteiger partial charge >= 0.3 is 0 Å². The molecule has 0 aromatic heterocycles. The predicted octanol–water partition coefficient (Wildman–Crippen LogP) is 2.14. The Bertz CT molecular complexity index is 551. The van der Waals surface area contributed by atoms with Crippen LogP contribution in [0.15, 0.2) is 6.07 Å². The lowest BCUT2D eigenvalue weighted by atomic mass is 10.0. The standard InChI is InChI=1S/C11H13ClO4S/c1-7-5-9(6-17(12,13)14)11-10(8(7)2)15-3-4-16-11/h5H,3-4,6H2,1-2H3. The molecule has 0 spiro atoms. The van der Waals surface area contributed by atoms with Gasteiger partial charge in [-0.25, -0.2) is 8.42 Å². The van der Waals surface area contributed by atoms with E-state index in [9.17, 15) is 8.42 Å². The van der Waals surface area contributed by atoms with Gasteiger partial charge in [-0.05, 0) is 25.0 Å². The van der Waals surface area contributed by atoms with Gasteiger partial charge in [0.2, 0.25) is 9.05 Å². The van der Waals surface area contributed by atoms with Gasteiger partial charge in [0, 0.05) is 16.2 Å². The molecule has 0 saturated carbocycles. The van der Waals surface area contributed by atoms with Crippen molar-refractivity contribution in [2.24, 2.45) is 0 Å². The molecule has 94 valence electrons. The van der Waals surface area contributed by atoms with Crippen molar-refractivity contribution >= 4 is 19.7 Å². The second-order valence-corrected chi connectivity index (χ2v) is 6.79. The summed E-state index contributed by atoms with van der Waals surface area (Å²) in [6.45, 7) is 4.72. The predicted molar refractivity (Wildman–Crippen MR) is 65.4 cm³/mol. The molecule has 17 heavy (non-hydrogen) atoms. The van der Waals surface area contributed by atoms with Crippen molar-refractivity contribution < 1.29 is 17.9 Å². The van der Waals surface area contributed by atoms with Crippen molar-refractivity contribution in [2.45, 2.75) is 19.6 Å². The molecule has 0 unspecified atom stereocenters. The van der Waals surface area contributed by atoms with Crippen LogP contribution in [0.1, 0.15) is 16.7 Å². The largest absolute Gasteiger partial charge is 0.486 e. The van der Waals surface area contributed by atoms with Crippen LogP contribution in [0.25, 0.3) is 0 Å². The molecule has 2 rings (SSSR count). The number of hydrogen-bond acceptors (Lipinski definition) is 4. The highest BCUT2D eigenvalue weighted by Gasteiger charge is 2.22. The minimum Gasteiger partial charge on any atom is -0.486 e. The first kappa shape index (κ1) is 12.5. The lowest BCUT2D eigenvalue weighted by Crippen LogP contribution is -2.18. The van der Waals surface area contributed by atoms with E-state index < -0.39 is 9.05 Å². The molecule has 1 heterocycles. The van der Waals surface area contributed by atoms with E-state index in [0.29, 0.717) is 30.3 Å². The number of rotatable bonds is 2. The summed E-state index contributed by atoms with van der Waals surface area (Å²) in [7, 11) is 1.67. The zero-order valence-electron chi connectivity index (χ0n) is 9.62. The highest BCUT2D eigenvalue weighted by Crippen LogP contribution is 2.39. The Morgan fingerprint density at radius 2 is 1.82 bits per heavy atom. The molecule has 1 aromatic carbocycles. The zero-order chi connectivity index (χ0) is 12.6. The lowest BCUT2D eigenvalue weighted by molar-refractivity contribution is 0.169. The summed E-state index contributed by atoms with van der Waals surface area (Å²) in [5.41, 5.74) is 2.48. The van der Waals surface area contributed by atoms with Gasteiger partial charge in [0.05, 0.1) is 5.75 Å².